The van der Waals surface area contributed by atoms with Crippen LogP contribution >= 0.6 is 34.5 Å². The minimum atomic E-state index is -0.860. The van der Waals surface area contributed by atoms with Crippen molar-refractivity contribution in [1.82, 2.24) is 4.98 Å². The van der Waals surface area contributed by atoms with Crippen LogP contribution in [0.1, 0.15) is 6.42 Å². The van der Waals surface area contributed by atoms with E-state index in [1.165, 1.54) is 11.3 Å². The van der Waals surface area contributed by atoms with E-state index in [1.54, 1.807) is 11.6 Å². The van der Waals surface area contributed by atoms with E-state index in [9.17, 15) is 4.79 Å². The first kappa shape index (κ1) is 9.24. The minimum absolute atomic E-state index is 0.153. The van der Waals surface area contributed by atoms with Gasteiger partial charge in [-0.1, -0.05) is 0 Å². The number of halogens is 2. The van der Waals surface area contributed by atoms with Crippen LogP contribution in [0, 0.1) is 5.92 Å². The Hall–Kier alpha value is -0.320. The molecule has 3 nitrogen and oxygen atoms in total. The first-order valence-electron chi connectivity index (χ1n) is 3.68. The highest BCUT2D eigenvalue weighted by Crippen LogP contribution is 2.53. The van der Waals surface area contributed by atoms with Crippen molar-refractivity contribution in [1.29, 1.82) is 0 Å². The Morgan fingerprint density at radius 3 is 2.92 bits per heavy atom. The molecule has 1 aliphatic carbocycles. The van der Waals surface area contributed by atoms with Gasteiger partial charge >= 0.3 is 0 Å². The summed E-state index contributed by atoms with van der Waals surface area (Å²) in [5, 5.41) is 5.01. The number of hydrogen-bond acceptors (Lipinski definition) is 3. The number of amides is 1. The molecule has 6 heteroatoms. The zero-order valence-corrected chi connectivity index (χ0v) is 8.79. The number of alkyl halides is 2. The van der Waals surface area contributed by atoms with Gasteiger partial charge in [0.05, 0.1) is 5.92 Å². The van der Waals surface area contributed by atoms with E-state index in [2.05, 4.69) is 10.3 Å². The molecule has 1 heterocycles. The van der Waals surface area contributed by atoms with Gasteiger partial charge in [0.15, 0.2) is 5.13 Å². The van der Waals surface area contributed by atoms with Gasteiger partial charge in [0.2, 0.25) is 5.91 Å². The Morgan fingerprint density at radius 1 is 1.77 bits per heavy atom. The molecule has 2 rings (SSSR count). The minimum Gasteiger partial charge on any atom is -0.302 e. The van der Waals surface area contributed by atoms with Gasteiger partial charge in [-0.2, -0.15) is 0 Å². The summed E-state index contributed by atoms with van der Waals surface area (Å²) < 4.78 is -0.860. The van der Waals surface area contributed by atoms with E-state index in [-0.39, 0.29) is 11.8 Å². The fraction of sp³-hybridized carbons (Fsp3) is 0.429. The highest BCUT2D eigenvalue weighted by Gasteiger charge is 2.56. The Balaban J connectivity index is 1.94. The van der Waals surface area contributed by atoms with Crippen molar-refractivity contribution in [2.75, 3.05) is 5.32 Å². The van der Waals surface area contributed by atoms with Gasteiger partial charge in [-0.05, 0) is 6.42 Å². The van der Waals surface area contributed by atoms with Crippen LogP contribution in [0.15, 0.2) is 11.6 Å². The van der Waals surface area contributed by atoms with E-state index >= 15 is 0 Å². The molecule has 0 spiro atoms. The van der Waals surface area contributed by atoms with Crippen LogP contribution in [0.25, 0.3) is 0 Å². The fourth-order valence-corrected chi connectivity index (χ4v) is 2.01. The first-order chi connectivity index (χ1) is 6.09. The summed E-state index contributed by atoms with van der Waals surface area (Å²) in [6.07, 6.45) is 2.15. The number of nitrogens with one attached hydrogen (secondary N) is 1. The van der Waals surface area contributed by atoms with Crippen molar-refractivity contribution in [3.63, 3.8) is 0 Å². The lowest BCUT2D eigenvalue weighted by Crippen LogP contribution is -2.16. The molecule has 0 bridgehead atoms. The van der Waals surface area contributed by atoms with E-state index < -0.39 is 4.33 Å². The van der Waals surface area contributed by atoms with Crippen molar-refractivity contribution in [2.45, 2.75) is 10.8 Å². The SMILES string of the molecule is O=C(Nc1nccs1)[C@H]1CC1(Cl)Cl. The normalized spacial score (nSPS) is 24.0. The third-order valence-electron chi connectivity index (χ3n) is 1.80. The largest absolute Gasteiger partial charge is 0.302 e. The van der Waals surface area contributed by atoms with Crippen LogP contribution in [0.4, 0.5) is 5.13 Å². The van der Waals surface area contributed by atoms with Crippen LogP contribution in [0.3, 0.4) is 0 Å². The third-order valence-corrected chi connectivity index (χ3v) is 3.33. The highest BCUT2D eigenvalue weighted by molar-refractivity contribution is 7.13. The third kappa shape index (κ3) is 1.95. The van der Waals surface area contributed by atoms with Gasteiger partial charge in [-0.15, -0.1) is 34.5 Å². The van der Waals surface area contributed by atoms with Crippen molar-refractivity contribution >= 4 is 45.6 Å². The number of hydrogen-bond donors (Lipinski definition) is 1. The van der Waals surface area contributed by atoms with Crippen LogP contribution in [-0.2, 0) is 4.79 Å². The lowest BCUT2D eigenvalue weighted by Gasteiger charge is -1.99. The van der Waals surface area contributed by atoms with Crippen LogP contribution in [0.5, 0.6) is 0 Å². The van der Waals surface area contributed by atoms with Gasteiger partial charge in [-0.25, -0.2) is 4.98 Å². The number of aromatic nitrogens is 1. The number of thiazole rings is 1. The Bertz CT molecular complexity index is 325. The maximum Gasteiger partial charge on any atom is 0.232 e. The zero-order valence-electron chi connectivity index (χ0n) is 6.46. The molecule has 0 aliphatic heterocycles. The number of rotatable bonds is 2. The lowest BCUT2D eigenvalue weighted by molar-refractivity contribution is -0.117. The summed E-state index contributed by atoms with van der Waals surface area (Å²) in [5.41, 5.74) is 0. The highest BCUT2D eigenvalue weighted by atomic mass is 35.5. The summed E-state index contributed by atoms with van der Waals surface area (Å²) in [4.78, 5) is 15.3. The summed E-state index contributed by atoms with van der Waals surface area (Å²) in [6.45, 7) is 0. The van der Waals surface area contributed by atoms with E-state index in [0.717, 1.165) is 0 Å². The molecule has 1 aromatic rings. The molecule has 0 saturated heterocycles. The Kier molecular flexibility index (Phi) is 2.21. The maximum atomic E-state index is 11.4. The molecule has 1 atom stereocenters. The molecule has 13 heavy (non-hydrogen) atoms. The van der Waals surface area contributed by atoms with Crippen molar-refractivity contribution in [3.05, 3.63) is 11.6 Å². The standard InChI is InChI=1S/C7H6Cl2N2OS/c8-7(9)3-4(7)5(12)11-6-10-1-2-13-6/h1-2,4H,3H2,(H,10,11,12)/t4-/m1/s1. The smallest absolute Gasteiger partial charge is 0.232 e. The summed E-state index contributed by atoms with van der Waals surface area (Å²) in [7, 11) is 0. The molecule has 0 aromatic carbocycles. The first-order valence-corrected chi connectivity index (χ1v) is 5.31. The predicted molar refractivity (Wildman–Crippen MR) is 53.3 cm³/mol. The second kappa shape index (κ2) is 3.12. The molecule has 1 N–H and O–H groups in total. The zero-order chi connectivity index (χ0) is 9.47. The molecular formula is C7H6Cl2N2OS. The number of carbonyl (C=O) groups excluding carboxylic acids is 1. The summed E-state index contributed by atoms with van der Waals surface area (Å²) in [5.74, 6) is -0.445. The van der Waals surface area contributed by atoms with Gasteiger partial charge in [-0.3, -0.25) is 4.79 Å². The average Bonchev–Trinajstić information content (AvgIpc) is 2.49. The number of nitrogens with zero attached hydrogens (tertiary/aromatic N) is 1. The van der Waals surface area contributed by atoms with Gasteiger partial charge in [0, 0.05) is 11.6 Å². The Labute approximate surface area is 89.1 Å². The van der Waals surface area contributed by atoms with Gasteiger partial charge in [0.1, 0.15) is 4.33 Å². The molecule has 0 unspecified atom stereocenters. The second-order valence-corrected chi connectivity index (χ2v) is 5.28. The Morgan fingerprint density at radius 2 is 2.46 bits per heavy atom. The van der Waals surface area contributed by atoms with Crippen molar-refractivity contribution < 1.29 is 4.79 Å². The van der Waals surface area contributed by atoms with E-state index in [4.69, 9.17) is 23.2 Å². The lowest BCUT2D eigenvalue weighted by atomic mass is 10.4. The average molecular weight is 237 g/mol. The van der Waals surface area contributed by atoms with Crippen molar-refractivity contribution in [3.8, 4) is 0 Å². The molecule has 1 aromatic heterocycles. The number of anilines is 1. The summed E-state index contributed by atoms with van der Waals surface area (Å²) >= 11 is 12.8. The molecule has 1 saturated carbocycles. The topological polar surface area (TPSA) is 42.0 Å². The molecule has 1 fully saturated rings. The molecule has 1 amide bonds. The number of carbonyl (C=O) groups is 1. The van der Waals surface area contributed by atoms with Crippen molar-refractivity contribution in [2.24, 2.45) is 5.92 Å². The van der Waals surface area contributed by atoms with Crippen LogP contribution in [0.2, 0.25) is 0 Å². The molecular weight excluding hydrogens is 231 g/mol. The molecule has 70 valence electrons. The van der Waals surface area contributed by atoms with E-state index in [1.807, 2.05) is 0 Å². The van der Waals surface area contributed by atoms with Gasteiger partial charge < -0.3 is 5.32 Å². The quantitative estimate of drug-likeness (QED) is 0.801. The van der Waals surface area contributed by atoms with Crippen LogP contribution < -0.4 is 5.32 Å². The fourth-order valence-electron chi connectivity index (χ4n) is 0.975. The second-order valence-electron chi connectivity index (χ2n) is 2.84. The monoisotopic (exact) mass is 236 g/mol. The summed E-state index contributed by atoms with van der Waals surface area (Å²) in [6, 6.07) is 0. The van der Waals surface area contributed by atoms with Gasteiger partial charge in [0.25, 0.3) is 0 Å². The van der Waals surface area contributed by atoms with E-state index in [0.29, 0.717) is 11.6 Å². The molecule has 1 aliphatic rings. The molecule has 0 radical (unpaired) electrons. The predicted octanol–water partition coefficient (Wildman–Crippen LogP) is 2.28. The maximum absolute atomic E-state index is 11.4. The van der Waals surface area contributed by atoms with Crippen LogP contribution in [-0.4, -0.2) is 15.2 Å².